The van der Waals surface area contributed by atoms with Crippen LogP contribution in [0.3, 0.4) is 0 Å². The molecule has 0 unspecified atom stereocenters. The van der Waals surface area contributed by atoms with Gasteiger partial charge in [0.1, 0.15) is 11.1 Å². The molecule has 8 heteroatoms. The fourth-order valence-corrected chi connectivity index (χ4v) is 1.99. The SMILES string of the molecule is O=C(NC1(C(=O)O)CCC1)NC1(C(F)(F)F)CC1. The second kappa shape index (κ2) is 3.76. The van der Waals surface area contributed by atoms with Gasteiger partial charge in [-0.3, -0.25) is 0 Å². The van der Waals surface area contributed by atoms with Crippen molar-refractivity contribution in [2.45, 2.75) is 49.4 Å². The van der Waals surface area contributed by atoms with E-state index in [1.54, 1.807) is 0 Å². The molecule has 2 fully saturated rings. The lowest BCUT2D eigenvalue weighted by atomic mass is 9.77. The third-order valence-corrected chi connectivity index (χ3v) is 3.61. The molecular weight excluding hydrogens is 253 g/mol. The van der Waals surface area contributed by atoms with Gasteiger partial charge >= 0.3 is 18.2 Å². The molecule has 0 spiro atoms. The summed E-state index contributed by atoms with van der Waals surface area (Å²) in [5.41, 5.74) is -3.56. The maximum atomic E-state index is 12.6. The summed E-state index contributed by atoms with van der Waals surface area (Å²) in [5, 5.41) is 12.9. The average Bonchev–Trinajstić information content (AvgIpc) is 2.90. The Balaban J connectivity index is 1.96. The van der Waals surface area contributed by atoms with Crippen molar-refractivity contribution in [1.82, 2.24) is 10.6 Å². The minimum atomic E-state index is -4.50. The summed E-state index contributed by atoms with van der Waals surface area (Å²) in [5.74, 6) is -1.21. The predicted octanol–water partition coefficient (Wildman–Crippen LogP) is 1.39. The normalized spacial score (nSPS) is 23.7. The van der Waals surface area contributed by atoms with Crippen molar-refractivity contribution in [2.75, 3.05) is 0 Å². The third kappa shape index (κ3) is 1.99. The molecule has 0 aromatic rings. The Morgan fingerprint density at radius 1 is 1.06 bits per heavy atom. The highest BCUT2D eigenvalue weighted by Gasteiger charge is 2.64. The van der Waals surface area contributed by atoms with Gasteiger partial charge in [0.25, 0.3) is 0 Å². The van der Waals surface area contributed by atoms with Crippen LogP contribution in [0.2, 0.25) is 0 Å². The minimum absolute atomic E-state index is 0.163. The zero-order valence-corrected chi connectivity index (χ0v) is 9.43. The summed E-state index contributed by atoms with van der Waals surface area (Å²) < 4.78 is 37.8. The second-order valence-electron chi connectivity index (χ2n) is 4.90. The third-order valence-electron chi connectivity index (χ3n) is 3.61. The monoisotopic (exact) mass is 266 g/mol. The molecule has 0 aromatic carbocycles. The van der Waals surface area contributed by atoms with Crippen LogP contribution in [-0.4, -0.2) is 34.4 Å². The molecule has 2 aliphatic rings. The Labute approximate surface area is 101 Å². The maximum Gasteiger partial charge on any atom is 0.411 e. The van der Waals surface area contributed by atoms with E-state index < -0.39 is 29.3 Å². The molecule has 18 heavy (non-hydrogen) atoms. The van der Waals surface area contributed by atoms with Crippen LogP contribution in [0.4, 0.5) is 18.0 Å². The molecule has 0 aliphatic heterocycles. The Bertz CT molecular complexity index is 386. The van der Waals surface area contributed by atoms with Crippen LogP contribution in [0.15, 0.2) is 0 Å². The molecule has 5 nitrogen and oxygen atoms in total. The van der Waals surface area contributed by atoms with Crippen molar-refractivity contribution >= 4 is 12.0 Å². The van der Waals surface area contributed by atoms with Crippen LogP contribution in [0, 0.1) is 0 Å². The topological polar surface area (TPSA) is 78.4 Å². The Kier molecular flexibility index (Phi) is 2.71. The van der Waals surface area contributed by atoms with Gasteiger partial charge in [0.2, 0.25) is 0 Å². The molecule has 2 rings (SSSR count). The number of nitrogens with one attached hydrogen (secondary N) is 2. The maximum absolute atomic E-state index is 12.6. The summed E-state index contributed by atoms with van der Waals surface area (Å²) in [6.07, 6.45) is -3.70. The molecule has 0 atom stereocenters. The molecule has 2 aliphatic carbocycles. The highest BCUT2D eigenvalue weighted by molar-refractivity contribution is 5.87. The summed E-state index contributed by atoms with van der Waals surface area (Å²) >= 11 is 0. The van der Waals surface area contributed by atoms with Crippen LogP contribution >= 0.6 is 0 Å². The number of carbonyl (C=O) groups excluding carboxylic acids is 1. The number of carboxylic acid groups (broad SMARTS) is 1. The highest BCUT2D eigenvalue weighted by atomic mass is 19.4. The number of aliphatic carboxylic acids is 1. The number of carbonyl (C=O) groups is 2. The molecule has 0 radical (unpaired) electrons. The first kappa shape index (κ1) is 13.0. The van der Waals surface area contributed by atoms with Crippen LogP contribution in [-0.2, 0) is 4.79 Å². The molecule has 102 valence electrons. The minimum Gasteiger partial charge on any atom is -0.480 e. The van der Waals surface area contributed by atoms with Crippen LogP contribution in [0.5, 0.6) is 0 Å². The molecule has 0 bridgehead atoms. The van der Waals surface area contributed by atoms with Gasteiger partial charge in [0.05, 0.1) is 0 Å². The largest absolute Gasteiger partial charge is 0.480 e. The van der Waals surface area contributed by atoms with E-state index in [0.717, 1.165) is 0 Å². The second-order valence-corrected chi connectivity index (χ2v) is 4.90. The summed E-state index contributed by atoms with van der Waals surface area (Å²) in [4.78, 5) is 22.4. The van der Waals surface area contributed by atoms with Crippen molar-refractivity contribution in [1.29, 1.82) is 0 Å². The van der Waals surface area contributed by atoms with E-state index >= 15 is 0 Å². The van der Waals surface area contributed by atoms with E-state index in [9.17, 15) is 22.8 Å². The number of rotatable bonds is 3. The highest BCUT2D eigenvalue weighted by Crippen LogP contribution is 2.48. The number of alkyl halides is 3. The van der Waals surface area contributed by atoms with E-state index in [4.69, 9.17) is 5.11 Å². The first-order chi connectivity index (χ1) is 8.21. The van der Waals surface area contributed by atoms with Gasteiger partial charge in [0.15, 0.2) is 0 Å². The molecule has 2 saturated carbocycles. The summed E-state index contributed by atoms with van der Waals surface area (Å²) in [6, 6.07) is -1.06. The zero-order valence-electron chi connectivity index (χ0n) is 9.43. The summed E-state index contributed by atoms with van der Waals surface area (Å²) in [7, 11) is 0. The van der Waals surface area contributed by atoms with E-state index in [0.29, 0.717) is 6.42 Å². The van der Waals surface area contributed by atoms with Gasteiger partial charge < -0.3 is 15.7 Å². The first-order valence-corrected chi connectivity index (χ1v) is 5.61. The van der Waals surface area contributed by atoms with Crippen molar-refractivity contribution in [3.05, 3.63) is 0 Å². The first-order valence-electron chi connectivity index (χ1n) is 5.61. The number of hydrogen-bond acceptors (Lipinski definition) is 2. The van der Waals surface area contributed by atoms with E-state index in [1.165, 1.54) is 0 Å². The lowest BCUT2D eigenvalue weighted by Gasteiger charge is -2.38. The van der Waals surface area contributed by atoms with E-state index in [-0.39, 0.29) is 25.7 Å². The number of carboxylic acids is 1. The van der Waals surface area contributed by atoms with Gasteiger partial charge in [0, 0.05) is 0 Å². The summed E-state index contributed by atoms with van der Waals surface area (Å²) in [6.45, 7) is 0. The zero-order chi connectivity index (χ0) is 13.6. The van der Waals surface area contributed by atoms with E-state index in [2.05, 4.69) is 5.32 Å². The lowest BCUT2D eigenvalue weighted by Crippen LogP contribution is -2.63. The molecule has 3 N–H and O–H groups in total. The number of urea groups is 1. The molecule has 0 heterocycles. The van der Waals surface area contributed by atoms with Gasteiger partial charge in [-0.05, 0) is 32.1 Å². The van der Waals surface area contributed by atoms with Crippen LogP contribution < -0.4 is 10.6 Å². The van der Waals surface area contributed by atoms with Crippen molar-refractivity contribution in [2.24, 2.45) is 0 Å². The Morgan fingerprint density at radius 2 is 1.61 bits per heavy atom. The molecular formula is C10H13F3N2O3. The Morgan fingerprint density at radius 3 is 1.89 bits per heavy atom. The van der Waals surface area contributed by atoms with Crippen LogP contribution in [0.25, 0.3) is 0 Å². The number of hydrogen-bond donors (Lipinski definition) is 3. The van der Waals surface area contributed by atoms with Gasteiger partial charge in [-0.25, -0.2) is 9.59 Å². The van der Waals surface area contributed by atoms with E-state index in [1.807, 2.05) is 5.32 Å². The number of amides is 2. The average molecular weight is 266 g/mol. The van der Waals surface area contributed by atoms with Crippen molar-refractivity contribution in [3.63, 3.8) is 0 Å². The number of halogens is 3. The molecule has 2 amide bonds. The van der Waals surface area contributed by atoms with Gasteiger partial charge in [-0.2, -0.15) is 13.2 Å². The van der Waals surface area contributed by atoms with Crippen LogP contribution in [0.1, 0.15) is 32.1 Å². The van der Waals surface area contributed by atoms with Gasteiger partial charge in [-0.15, -0.1) is 0 Å². The molecule has 0 aromatic heterocycles. The van der Waals surface area contributed by atoms with Crippen molar-refractivity contribution < 1.29 is 27.9 Å². The Hall–Kier alpha value is -1.47. The standard InChI is InChI=1S/C10H13F3N2O3/c11-10(12,13)9(4-5-9)15-7(18)14-8(6(16)17)2-1-3-8/h1-5H2,(H,16,17)(H2,14,15,18). The predicted molar refractivity (Wildman–Crippen MR) is 53.9 cm³/mol. The fraction of sp³-hybridized carbons (Fsp3) is 0.800. The molecule has 0 saturated heterocycles. The smallest absolute Gasteiger partial charge is 0.411 e. The quantitative estimate of drug-likeness (QED) is 0.722. The van der Waals surface area contributed by atoms with Crippen molar-refractivity contribution in [3.8, 4) is 0 Å². The van der Waals surface area contributed by atoms with Gasteiger partial charge in [-0.1, -0.05) is 0 Å². The fourth-order valence-electron chi connectivity index (χ4n) is 1.99. The lowest BCUT2D eigenvalue weighted by molar-refractivity contribution is -0.163.